The van der Waals surface area contributed by atoms with Crippen molar-refractivity contribution in [1.29, 1.82) is 0 Å². The monoisotopic (exact) mass is 271 g/mol. The number of anilines is 1. The van der Waals surface area contributed by atoms with E-state index >= 15 is 0 Å². The first-order valence-corrected chi connectivity index (χ1v) is 6.24. The Kier molecular flexibility index (Phi) is 2.54. The van der Waals surface area contributed by atoms with Crippen molar-refractivity contribution in [2.24, 2.45) is 0 Å². The van der Waals surface area contributed by atoms with E-state index in [1.165, 1.54) is 0 Å². The van der Waals surface area contributed by atoms with Crippen LogP contribution >= 0.6 is 23.4 Å². The number of nitrogens with one attached hydrogen (secondary N) is 1. The van der Waals surface area contributed by atoms with Gasteiger partial charge in [0, 0.05) is 18.3 Å². The molecular weight excluding hydrogens is 261 g/mol. The number of hydrogen-bond acceptors (Lipinski definition) is 3. The van der Waals surface area contributed by atoms with E-state index in [0.29, 0.717) is 25.2 Å². The molecule has 2 atom stereocenters. The number of fused-ring (bicyclic) bond motifs is 2. The Bertz CT molecular complexity index is 482. The SMILES string of the molecule is O=C1Nc2ncccc2C12CCN(Cl)C(Cl)C2. The molecule has 1 fully saturated rings. The van der Waals surface area contributed by atoms with Gasteiger partial charge in [-0.2, -0.15) is 0 Å². The highest BCUT2D eigenvalue weighted by molar-refractivity contribution is 6.25. The highest BCUT2D eigenvalue weighted by Crippen LogP contribution is 2.46. The van der Waals surface area contributed by atoms with E-state index < -0.39 is 5.41 Å². The second-order valence-corrected chi connectivity index (χ2v) is 5.39. The molecule has 1 N–H and O–H groups in total. The number of hydrogen-bond donors (Lipinski definition) is 1. The molecule has 1 amide bonds. The van der Waals surface area contributed by atoms with Crippen molar-refractivity contribution in [2.45, 2.75) is 23.8 Å². The second-order valence-electron chi connectivity index (χ2n) is 4.45. The molecule has 2 unspecified atom stereocenters. The lowest BCUT2D eigenvalue weighted by atomic mass is 9.74. The lowest BCUT2D eigenvalue weighted by molar-refractivity contribution is -0.122. The Morgan fingerprint density at radius 1 is 1.59 bits per heavy atom. The van der Waals surface area contributed by atoms with Crippen molar-refractivity contribution in [1.82, 2.24) is 9.40 Å². The Balaban J connectivity index is 2.05. The van der Waals surface area contributed by atoms with Crippen LogP contribution in [-0.4, -0.2) is 27.4 Å². The molecule has 0 saturated carbocycles. The standard InChI is InChI=1S/C11H11Cl2N3O/c12-8-6-11(3-5-16(8)13)7-2-1-4-14-9(7)15-10(11)17/h1-2,4,8H,3,5-6H2,(H,14,15,17). The Labute approximate surface area is 109 Å². The molecule has 4 nitrogen and oxygen atoms in total. The molecule has 17 heavy (non-hydrogen) atoms. The summed E-state index contributed by atoms with van der Waals surface area (Å²) in [6.07, 6.45) is 2.86. The first kappa shape index (κ1) is 11.3. The minimum atomic E-state index is -0.554. The number of alkyl halides is 1. The number of carbonyl (C=O) groups is 1. The van der Waals surface area contributed by atoms with Crippen LogP contribution < -0.4 is 5.32 Å². The third-order valence-electron chi connectivity index (χ3n) is 3.56. The van der Waals surface area contributed by atoms with Crippen molar-refractivity contribution in [3.63, 3.8) is 0 Å². The quantitative estimate of drug-likeness (QED) is 0.447. The molecule has 0 bridgehead atoms. The van der Waals surface area contributed by atoms with Crippen LogP contribution in [0.3, 0.4) is 0 Å². The third kappa shape index (κ3) is 1.55. The molecule has 1 spiro atoms. The van der Waals surface area contributed by atoms with Gasteiger partial charge in [-0.15, -0.1) is 11.6 Å². The molecule has 2 aliphatic heterocycles. The van der Waals surface area contributed by atoms with Crippen molar-refractivity contribution in [3.05, 3.63) is 23.9 Å². The fourth-order valence-electron chi connectivity index (χ4n) is 2.62. The van der Waals surface area contributed by atoms with E-state index in [9.17, 15) is 4.79 Å². The van der Waals surface area contributed by atoms with E-state index in [4.69, 9.17) is 23.4 Å². The maximum Gasteiger partial charge on any atom is 0.236 e. The highest BCUT2D eigenvalue weighted by atomic mass is 35.5. The van der Waals surface area contributed by atoms with Gasteiger partial charge >= 0.3 is 0 Å². The number of halogens is 2. The lowest BCUT2D eigenvalue weighted by Gasteiger charge is -2.37. The van der Waals surface area contributed by atoms with Crippen LogP contribution in [0.15, 0.2) is 18.3 Å². The number of piperidine rings is 1. The molecule has 1 aromatic heterocycles. The average Bonchev–Trinajstić information content (AvgIpc) is 2.58. The molecule has 2 aliphatic rings. The van der Waals surface area contributed by atoms with Gasteiger partial charge in [0.15, 0.2) is 0 Å². The van der Waals surface area contributed by atoms with Crippen LogP contribution in [0.4, 0.5) is 5.82 Å². The van der Waals surface area contributed by atoms with Gasteiger partial charge in [0.2, 0.25) is 5.91 Å². The van der Waals surface area contributed by atoms with Gasteiger partial charge in [-0.05, 0) is 30.7 Å². The van der Waals surface area contributed by atoms with Crippen molar-refractivity contribution in [2.75, 3.05) is 11.9 Å². The molecule has 1 saturated heterocycles. The summed E-state index contributed by atoms with van der Waals surface area (Å²) in [6.45, 7) is 0.595. The van der Waals surface area contributed by atoms with Crippen LogP contribution in [0, 0.1) is 0 Å². The van der Waals surface area contributed by atoms with Crippen LogP contribution in [0.2, 0.25) is 0 Å². The molecule has 0 aliphatic carbocycles. The minimum Gasteiger partial charge on any atom is -0.310 e. The van der Waals surface area contributed by atoms with Crippen LogP contribution in [-0.2, 0) is 10.2 Å². The zero-order chi connectivity index (χ0) is 12.0. The van der Waals surface area contributed by atoms with Gasteiger partial charge in [-0.3, -0.25) is 4.79 Å². The summed E-state index contributed by atoms with van der Waals surface area (Å²) < 4.78 is 1.55. The van der Waals surface area contributed by atoms with Gasteiger partial charge in [0.25, 0.3) is 0 Å². The normalized spacial score (nSPS) is 32.6. The van der Waals surface area contributed by atoms with Gasteiger partial charge in [-0.1, -0.05) is 6.07 Å². The zero-order valence-electron chi connectivity index (χ0n) is 8.99. The van der Waals surface area contributed by atoms with Crippen molar-refractivity contribution < 1.29 is 4.79 Å². The fraction of sp³-hybridized carbons (Fsp3) is 0.455. The molecule has 3 heterocycles. The summed E-state index contributed by atoms with van der Waals surface area (Å²) in [5, 5.41) is 2.82. The molecule has 1 aromatic rings. The van der Waals surface area contributed by atoms with Crippen LogP contribution in [0.1, 0.15) is 18.4 Å². The van der Waals surface area contributed by atoms with E-state index in [0.717, 1.165) is 5.56 Å². The van der Waals surface area contributed by atoms with E-state index in [-0.39, 0.29) is 11.4 Å². The predicted octanol–water partition coefficient (Wildman–Crippen LogP) is 2.09. The average molecular weight is 272 g/mol. The first-order valence-electron chi connectivity index (χ1n) is 5.47. The number of carbonyl (C=O) groups excluding carboxylic acids is 1. The Morgan fingerprint density at radius 3 is 3.18 bits per heavy atom. The summed E-state index contributed by atoms with van der Waals surface area (Å²) in [5.41, 5.74) is 0.0595. The number of amides is 1. The van der Waals surface area contributed by atoms with Gasteiger partial charge in [0.1, 0.15) is 11.3 Å². The third-order valence-corrected chi connectivity index (χ3v) is 4.46. The Hall–Kier alpha value is -0.840. The van der Waals surface area contributed by atoms with E-state index in [1.54, 1.807) is 10.6 Å². The smallest absolute Gasteiger partial charge is 0.236 e. The maximum absolute atomic E-state index is 12.2. The zero-order valence-corrected chi connectivity index (χ0v) is 10.5. The van der Waals surface area contributed by atoms with E-state index in [1.807, 2.05) is 12.1 Å². The summed E-state index contributed by atoms with van der Waals surface area (Å²) in [5.74, 6) is 0.644. The molecule has 6 heteroatoms. The number of rotatable bonds is 0. The summed E-state index contributed by atoms with van der Waals surface area (Å²) >= 11 is 12.1. The lowest BCUT2D eigenvalue weighted by Crippen LogP contribution is -2.46. The first-order chi connectivity index (χ1) is 8.13. The van der Waals surface area contributed by atoms with Crippen LogP contribution in [0.25, 0.3) is 0 Å². The molecule has 3 rings (SSSR count). The summed E-state index contributed by atoms with van der Waals surface area (Å²) in [7, 11) is 0. The van der Waals surface area contributed by atoms with Crippen molar-refractivity contribution >= 4 is 35.1 Å². The largest absolute Gasteiger partial charge is 0.310 e. The molecule has 0 radical (unpaired) electrons. The highest BCUT2D eigenvalue weighted by Gasteiger charge is 2.51. The summed E-state index contributed by atoms with van der Waals surface area (Å²) in [4.78, 5) is 16.4. The predicted molar refractivity (Wildman–Crippen MR) is 66.0 cm³/mol. The number of pyridine rings is 1. The number of aromatic nitrogens is 1. The second kappa shape index (κ2) is 3.83. The molecule has 0 aromatic carbocycles. The molecule has 90 valence electrons. The Morgan fingerprint density at radius 2 is 2.41 bits per heavy atom. The van der Waals surface area contributed by atoms with Gasteiger partial charge in [-0.25, -0.2) is 9.40 Å². The maximum atomic E-state index is 12.2. The topological polar surface area (TPSA) is 45.2 Å². The van der Waals surface area contributed by atoms with Crippen molar-refractivity contribution in [3.8, 4) is 0 Å². The van der Waals surface area contributed by atoms with Gasteiger partial charge < -0.3 is 5.32 Å². The summed E-state index contributed by atoms with van der Waals surface area (Å²) in [6, 6.07) is 3.78. The van der Waals surface area contributed by atoms with Gasteiger partial charge in [0.05, 0.1) is 5.41 Å². The van der Waals surface area contributed by atoms with Crippen LogP contribution in [0.5, 0.6) is 0 Å². The minimum absolute atomic E-state index is 0.0124. The number of nitrogens with zero attached hydrogens (tertiary/aromatic N) is 2. The van der Waals surface area contributed by atoms with E-state index in [2.05, 4.69) is 10.3 Å². The fourth-order valence-corrected chi connectivity index (χ4v) is 3.13. The molecular formula is C11H11Cl2N3O.